The minimum absolute atomic E-state index is 0.0199. The second-order valence-corrected chi connectivity index (χ2v) is 30.0. The Morgan fingerprint density at radius 3 is 1.68 bits per heavy atom. The van der Waals surface area contributed by atoms with Gasteiger partial charge in [0.05, 0.1) is 12.5 Å². The van der Waals surface area contributed by atoms with Crippen LogP contribution in [0.2, 0.25) is 0 Å². The minimum atomic E-state index is -5.18. The zero-order valence-corrected chi connectivity index (χ0v) is 60.2. The van der Waals surface area contributed by atoms with E-state index in [1.54, 1.807) is 27.7 Å². The highest BCUT2D eigenvalue weighted by atomic mass is 19.4. The van der Waals surface area contributed by atoms with Crippen molar-refractivity contribution in [1.82, 2.24) is 55.1 Å². The smallest absolute Gasteiger partial charge is 0.343 e. The van der Waals surface area contributed by atoms with Crippen molar-refractivity contribution in [1.29, 1.82) is 0 Å². The molecule has 562 valence electrons. The van der Waals surface area contributed by atoms with Crippen LogP contribution in [0.25, 0.3) is 0 Å². The molecule has 11 amide bonds. The standard InChI is InChI=1S/C69H109F8N11O11/c1-15-39(5)56-64(97)83(11)42(8)60(93)88-31-27-50(88)63(96)85(13)52(36-43-21-24-45(25-22-43)68(72,73)74)62(95)81(9)37-53(89)78-48(26-23-44-34-46(70)55(47(71)35-44)69(75,76)77)61(94)87-30-19-20-49(87)59(92)80-67(28-17-18-29-67)66(99)86(14)57(40(6)16-2)65(98)82(10)41(7)33-54(90)84(12)51(32-38(3)4)58(91)79-56/h38-52,55-57H,15-37H2,1-14H3,(H,78,89)(H,79,91)(H,80,92)/t39-,40-,41+,42-,43?,44?,45?,46?,47?,48-,49-,50-,51-,52-,55?,56-,57-/m0/s1. The van der Waals surface area contributed by atoms with Crippen LogP contribution in [0.1, 0.15) is 184 Å². The van der Waals surface area contributed by atoms with E-state index >= 15 is 18.4 Å². The molecule has 2 unspecified atom stereocenters. The fraction of sp³-hybridized carbons (Fsp3) is 0.841. The van der Waals surface area contributed by atoms with Crippen molar-refractivity contribution >= 4 is 65.0 Å². The maximum atomic E-state index is 15.3. The van der Waals surface area contributed by atoms with Crippen LogP contribution in [-0.4, -0.2) is 251 Å². The number of amides is 11. The van der Waals surface area contributed by atoms with Gasteiger partial charge in [-0.1, -0.05) is 67.2 Å². The maximum Gasteiger partial charge on any atom is 0.397 e. The summed E-state index contributed by atoms with van der Waals surface area (Å²) in [4.78, 5) is 172. The van der Waals surface area contributed by atoms with Crippen LogP contribution in [0, 0.1) is 41.4 Å². The summed E-state index contributed by atoms with van der Waals surface area (Å²) in [5.74, 6) is -15.1. The molecule has 30 heteroatoms. The molecule has 3 saturated heterocycles. The molecule has 0 aromatic carbocycles. The van der Waals surface area contributed by atoms with Gasteiger partial charge in [-0.15, -0.1) is 0 Å². The van der Waals surface area contributed by atoms with Crippen molar-refractivity contribution in [3.05, 3.63) is 0 Å². The fourth-order valence-electron chi connectivity index (χ4n) is 15.5. The van der Waals surface area contributed by atoms with Crippen molar-refractivity contribution < 1.29 is 87.9 Å². The van der Waals surface area contributed by atoms with Crippen LogP contribution in [0.4, 0.5) is 35.1 Å². The summed E-state index contributed by atoms with van der Waals surface area (Å²) in [6, 6.07) is -11.1. The van der Waals surface area contributed by atoms with Crippen LogP contribution >= 0.6 is 0 Å². The van der Waals surface area contributed by atoms with Gasteiger partial charge in [0.2, 0.25) is 65.0 Å². The van der Waals surface area contributed by atoms with E-state index in [2.05, 4.69) is 16.0 Å². The van der Waals surface area contributed by atoms with E-state index in [1.807, 2.05) is 20.8 Å². The van der Waals surface area contributed by atoms with Crippen LogP contribution in [-0.2, 0) is 52.7 Å². The highest BCUT2D eigenvalue weighted by molar-refractivity contribution is 6.00. The Morgan fingerprint density at radius 1 is 0.556 bits per heavy atom. The predicted molar refractivity (Wildman–Crippen MR) is 350 cm³/mol. The molecule has 3 aliphatic carbocycles. The number of halogens is 8. The summed E-state index contributed by atoms with van der Waals surface area (Å²) >= 11 is 0. The van der Waals surface area contributed by atoms with Crippen molar-refractivity contribution in [3.63, 3.8) is 0 Å². The third kappa shape index (κ3) is 19.2. The van der Waals surface area contributed by atoms with E-state index < -0.39 is 211 Å². The van der Waals surface area contributed by atoms with Gasteiger partial charge in [0.1, 0.15) is 72.1 Å². The Kier molecular flexibility index (Phi) is 28.1. The maximum absolute atomic E-state index is 15.3. The van der Waals surface area contributed by atoms with E-state index in [0.717, 1.165) is 14.7 Å². The average Bonchev–Trinajstić information content (AvgIpc) is 1.66. The van der Waals surface area contributed by atoms with E-state index in [9.17, 15) is 69.5 Å². The molecule has 3 saturated carbocycles. The van der Waals surface area contributed by atoms with Gasteiger partial charge in [-0.25, -0.2) is 8.78 Å². The number of hydrogen-bond donors (Lipinski definition) is 3. The first kappa shape index (κ1) is 81.6. The molecular weight excluding hydrogens is 1310 g/mol. The summed E-state index contributed by atoms with van der Waals surface area (Å²) in [5, 5.41) is 8.46. The molecule has 6 fully saturated rings. The molecule has 13 atom stereocenters. The molecule has 0 bridgehead atoms. The second-order valence-electron chi connectivity index (χ2n) is 30.0. The van der Waals surface area contributed by atoms with Crippen LogP contribution < -0.4 is 16.0 Å². The first-order valence-electron chi connectivity index (χ1n) is 35.6. The van der Waals surface area contributed by atoms with Crippen LogP contribution in [0.15, 0.2) is 0 Å². The molecule has 99 heavy (non-hydrogen) atoms. The SMILES string of the molecule is CC[C@H](C)[C@@H]1NC(=O)[C@H](CC(C)C)N(C)C(=O)C[C@@H](C)N(C)C(=O)[C@H]([C@@H](C)CC)N(C)C(=O)C2(CCCC2)NC(=O)[C@@H]2CCCN2C(=O)[C@H](CCC2CC(F)C(C(F)(F)F)C(F)C2)NC(=O)CN(C)C(=O)[C@H](CC2CCC(C(F)(F)F)CC2)N(C)C(=O)[C@@H]2CCN2C(=O)[C@H](C)N(C)C1=O. The molecule has 22 nitrogen and oxygen atoms in total. The molecular formula is C69H109F8N11O11. The van der Waals surface area contributed by atoms with Gasteiger partial charge in [0.25, 0.3) is 0 Å². The van der Waals surface area contributed by atoms with E-state index in [0.29, 0.717) is 25.7 Å². The van der Waals surface area contributed by atoms with Gasteiger partial charge < -0.3 is 55.1 Å². The molecule has 0 aromatic rings. The number of likely N-dealkylation sites (N-methyl/N-ethyl adjacent to an activating group) is 6. The number of hydrogen-bond acceptors (Lipinski definition) is 11. The third-order valence-electron chi connectivity index (χ3n) is 22.7. The number of rotatable bonds is 11. The number of fused-ring (bicyclic) bond motifs is 2. The average molecular weight is 1420 g/mol. The summed E-state index contributed by atoms with van der Waals surface area (Å²) in [6.07, 6.45) is -15.4. The monoisotopic (exact) mass is 1420 g/mol. The fourth-order valence-corrected chi connectivity index (χ4v) is 15.5. The lowest BCUT2D eigenvalue weighted by atomic mass is 9.76. The van der Waals surface area contributed by atoms with Gasteiger partial charge in [0.15, 0.2) is 0 Å². The molecule has 3 N–H and O–H groups in total. The second kappa shape index (κ2) is 34.1. The van der Waals surface area contributed by atoms with Gasteiger partial charge >= 0.3 is 12.4 Å². The quantitative estimate of drug-likeness (QED) is 0.179. The van der Waals surface area contributed by atoms with E-state index in [4.69, 9.17) is 0 Å². The topological polar surface area (TPSA) is 250 Å². The first-order chi connectivity index (χ1) is 46.1. The Balaban J connectivity index is 1.40. The van der Waals surface area contributed by atoms with Crippen molar-refractivity contribution in [3.8, 4) is 0 Å². The number of carbonyl (C=O) groups is 11. The van der Waals surface area contributed by atoms with Gasteiger partial charge in [0, 0.05) is 67.8 Å². The number of carbonyl (C=O) groups excluding carboxylic acids is 11. The number of nitrogens with zero attached hydrogens (tertiary/aromatic N) is 8. The summed E-state index contributed by atoms with van der Waals surface area (Å²) < 4.78 is 114. The normalized spacial score (nSPS) is 32.8. The molecule has 0 radical (unpaired) electrons. The van der Waals surface area contributed by atoms with Crippen LogP contribution in [0.5, 0.6) is 0 Å². The van der Waals surface area contributed by atoms with E-state index in [-0.39, 0.29) is 102 Å². The Bertz CT molecular complexity index is 2880. The van der Waals surface area contributed by atoms with Gasteiger partial charge in [-0.05, 0) is 140 Å². The summed E-state index contributed by atoms with van der Waals surface area (Å²) in [5.41, 5.74) is -1.59. The molecule has 0 aromatic heterocycles. The summed E-state index contributed by atoms with van der Waals surface area (Å²) in [7, 11) is 8.30. The molecule has 3 aliphatic heterocycles. The van der Waals surface area contributed by atoms with Gasteiger partial charge in [-0.3, -0.25) is 52.7 Å². The molecule has 6 rings (SSSR count). The Morgan fingerprint density at radius 2 is 1.14 bits per heavy atom. The van der Waals surface area contributed by atoms with Crippen molar-refractivity contribution in [2.45, 2.75) is 268 Å². The van der Waals surface area contributed by atoms with Crippen LogP contribution in [0.3, 0.4) is 0 Å². The number of alkyl halides is 8. The van der Waals surface area contributed by atoms with E-state index in [1.165, 1.54) is 73.7 Å². The lowest BCUT2D eigenvalue weighted by Crippen LogP contribution is -2.65. The largest absolute Gasteiger partial charge is 0.397 e. The summed E-state index contributed by atoms with van der Waals surface area (Å²) in [6.45, 7) is 13.1. The Labute approximate surface area is 577 Å². The first-order valence-corrected chi connectivity index (χ1v) is 35.6. The molecule has 1 spiro atoms. The number of nitrogens with one attached hydrogen (secondary N) is 3. The lowest BCUT2D eigenvalue weighted by Gasteiger charge is -2.45. The van der Waals surface area contributed by atoms with Crippen molar-refractivity contribution in [2.75, 3.05) is 61.9 Å². The Hall–Kier alpha value is -6.39. The van der Waals surface area contributed by atoms with Gasteiger partial charge in [-0.2, -0.15) is 26.3 Å². The molecule has 6 aliphatic rings. The third-order valence-corrected chi connectivity index (χ3v) is 22.7. The lowest BCUT2D eigenvalue weighted by molar-refractivity contribution is -0.219. The van der Waals surface area contributed by atoms with Crippen molar-refractivity contribution in [2.24, 2.45) is 41.4 Å². The highest BCUT2D eigenvalue weighted by Gasteiger charge is 2.55. The minimum Gasteiger partial charge on any atom is -0.343 e. The predicted octanol–water partition coefficient (Wildman–Crippen LogP) is 6.96. The molecule has 3 heterocycles. The zero-order valence-electron chi connectivity index (χ0n) is 60.2. The highest BCUT2D eigenvalue weighted by Crippen LogP contribution is 2.45. The zero-order chi connectivity index (χ0) is 74.2.